The van der Waals surface area contributed by atoms with Crippen molar-refractivity contribution >= 4 is 0 Å². The Morgan fingerprint density at radius 1 is 0.808 bits per heavy atom. The SMILES string of the molecule is CC(C)[n+]1[c-]n(-c2cc(-n3[c-][n+](C(C)C)cc3)cc(C(F)(F)F)c2)cc1. The number of alkyl halides is 3. The summed E-state index contributed by atoms with van der Waals surface area (Å²) in [5, 5.41) is 0. The number of hydrogen-bond acceptors (Lipinski definition) is 0. The van der Waals surface area contributed by atoms with Crippen LogP contribution in [0.15, 0.2) is 43.0 Å². The first-order valence-electron chi connectivity index (χ1n) is 8.42. The second kappa shape index (κ2) is 6.63. The fourth-order valence-electron chi connectivity index (χ4n) is 2.56. The molecule has 0 spiro atoms. The molecule has 0 saturated carbocycles. The van der Waals surface area contributed by atoms with E-state index in [0.29, 0.717) is 11.4 Å². The lowest BCUT2D eigenvalue weighted by Gasteiger charge is -2.14. The van der Waals surface area contributed by atoms with E-state index < -0.39 is 11.7 Å². The van der Waals surface area contributed by atoms with Gasteiger partial charge < -0.3 is 18.3 Å². The summed E-state index contributed by atoms with van der Waals surface area (Å²) < 4.78 is 47.0. The van der Waals surface area contributed by atoms with Crippen LogP contribution < -0.4 is 9.13 Å². The molecule has 0 saturated heterocycles. The number of hydrogen-bond donors (Lipinski definition) is 0. The highest BCUT2D eigenvalue weighted by molar-refractivity contribution is 5.48. The van der Waals surface area contributed by atoms with Gasteiger partial charge in [-0.2, -0.15) is 13.2 Å². The van der Waals surface area contributed by atoms with Gasteiger partial charge in [0.25, 0.3) is 0 Å². The van der Waals surface area contributed by atoms with Gasteiger partial charge in [0.05, 0.1) is 12.1 Å². The molecule has 7 heteroatoms. The standard InChI is InChI=1S/C19H21F3N4/c1-14(2)23-5-7-25(12-23)17-9-16(19(20,21)22)10-18(11-17)26-8-6-24(13-26)15(3)4/h5-11,14-15H,1-4H3. The second-order valence-electron chi connectivity index (χ2n) is 6.77. The molecule has 0 aliphatic rings. The molecule has 0 aliphatic carbocycles. The van der Waals surface area contributed by atoms with Crippen molar-refractivity contribution in [2.75, 3.05) is 0 Å². The lowest BCUT2D eigenvalue weighted by atomic mass is 10.1. The van der Waals surface area contributed by atoms with E-state index in [9.17, 15) is 13.2 Å². The van der Waals surface area contributed by atoms with E-state index in [1.54, 1.807) is 40.0 Å². The molecule has 3 rings (SSSR count). The van der Waals surface area contributed by atoms with Gasteiger partial charge in [0, 0.05) is 41.7 Å². The number of aromatic nitrogens is 4. The van der Waals surface area contributed by atoms with Crippen molar-refractivity contribution in [2.24, 2.45) is 0 Å². The minimum Gasteiger partial charge on any atom is -0.327 e. The van der Waals surface area contributed by atoms with Gasteiger partial charge >= 0.3 is 6.18 Å². The quantitative estimate of drug-likeness (QED) is 0.498. The van der Waals surface area contributed by atoms with Gasteiger partial charge in [-0.3, -0.25) is 0 Å². The minimum atomic E-state index is -4.44. The van der Waals surface area contributed by atoms with Crippen LogP contribution in [0.2, 0.25) is 0 Å². The lowest BCUT2D eigenvalue weighted by molar-refractivity contribution is -0.719. The van der Waals surface area contributed by atoms with Crippen LogP contribution in [0.25, 0.3) is 11.4 Å². The molecule has 0 unspecified atom stereocenters. The molecule has 0 fully saturated rings. The summed E-state index contributed by atoms with van der Waals surface area (Å²) in [6.07, 6.45) is 8.65. The Morgan fingerprint density at radius 3 is 1.54 bits per heavy atom. The van der Waals surface area contributed by atoms with Gasteiger partial charge in [0.2, 0.25) is 12.7 Å². The Balaban J connectivity index is 2.12. The molecule has 3 aromatic rings. The Hall–Kier alpha value is -2.57. The Bertz CT molecular complexity index is 839. The number of halogens is 3. The molecule has 1 aromatic carbocycles. The van der Waals surface area contributed by atoms with E-state index in [-0.39, 0.29) is 12.1 Å². The molecule has 0 atom stereocenters. The van der Waals surface area contributed by atoms with Crippen LogP contribution in [0.3, 0.4) is 0 Å². The first-order valence-corrected chi connectivity index (χ1v) is 8.42. The van der Waals surface area contributed by atoms with E-state index in [1.807, 2.05) is 36.8 Å². The highest BCUT2D eigenvalue weighted by Gasteiger charge is 2.31. The monoisotopic (exact) mass is 362 g/mol. The van der Waals surface area contributed by atoms with Crippen LogP contribution in [0.1, 0.15) is 45.3 Å². The summed E-state index contributed by atoms with van der Waals surface area (Å²) in [6, 6.07) is 4.29. The van der Waals surface area contributed by atoms with Gasteiger partial charge in [-0.25, -0.2) is 0 Å². The van der Waals surface area contributed by atoms with E-state index in [2.05, 4.69) is 12.7 Å². The van der Waals surface area contributed by atoms with Crippen LogP contribution in [0.5, 0.6) is 0 Å². The first-order chi connectivity index (χ1) is 12.1. The Kier molecular flexibility index (Phi) is 4.64. The highest BCUT2D eigenvalue weighted by Crippen LogP contribution is 2.32. The molecule has 2 heterocycles. The third-order valence-electron chi connectivity index (χ3n) is 4.10. The van der Waals surface area contributed by atoms with Crippen LogP contribution in [-0.2, 0) is 6.18 Å². The minimum absolute atomic E-state index is 0.171. The molecule has 138 valence electrons. The summed E-state index contributed by atoms with van der Waals surface area (Å²) >= 11 is 0. The Morgan fingerprint density at radius 2 is 1.23 bits per heavy atom. The summed E-state index contributed by atoms with van der Waals surface area (Å²) in [5.41, 5.74) is 0.0845. The molecular formula is C19H21F3N4. The molecule has 0 aliphatic heterocycles. The van der Waals surface area contributed by atoms with Crippen molar-refractivity contribution in [2.45, 2.75) is 46.0 Å². The summed E-state index contributed by atoms with van der Waals surface area (Å²) in [5.74, 6) is 0. The maximum Gasteiger partial charge on any atom is 0.415 e. The van der Waals surface area contributed by atoms with Gasteiger partial charge in [-0.1, -0.05) is 6.07 Å². The fraction of sp³-hybridized carbons (Fsp3) is 0.368. The van der Waals surface area contributed by atoms with Crippen molar-refractivity contribution in [3.63, 3.8) is 0 Å². The summed E-state index contributed by atoms with van der Waals surface area (Å²) in [4.78, 5) is 0. The fourth-order valence-corrected chi connectivity index (χ4v) is 2.56. The maximum absolute atomic E-state index is 13.4. The van der Waals surface area contributed by atoms with Crippen molar-refractivity contribution < 1.29 is 22.3 Å². The Labute approximate surface area is 150 Å². The number of nitrogens with zero attached hydrogens (tertiary/aromatic N) is 4. The maximum atomic E-state index is 13.4. The van der Waals surface area contributed by atoms with Gasteiger partial charge in [0.15, 0.2) is 0 Å². The summed E-state index contributed by atoms with van der Waals surface area (Å²) in [6.45, 7) is 7.94. The highest BCUT2D eigenvalue weighted by atomic mass is 19.4. The molecule has 0 radical (unpaired) electrons. The predicted octanol–water partition coefficient (Wildman–Crippen LogP) is 3.62. The van der Waals surface area contributed by atoms with Crippen molar-refractivity contribution in [3.8, 4) is 11.4 Å². The van der Waals surface area contributed by atoms with E-state index in [1.165, 1.54) is 0 Å². The number of benzene rings is 1. The van der Waals surface area contributed by atoms with Gasteiger partial charge in [0.1, 0.15) is 0 Å². The van der Waals surface area contributed by atoms with Crippen molar-refractivity contribution in [1.82, 2.24) is 9.13 Å². The first kappa shape index (κ1) is 18.2. The third-order valence-corrected chi connectivity index (χ3v) is 4.10. The molecule has 0 bridgehead atoms. The molecule has 2 aromatic heterocycles. The largest absolute Gasteiger partial charge is 0.415 e. The lowest BCUT2D eigenvalue weighted by Crippen LogP contribution is -2.34. The molecule has 0 N–H and O–H groups in total. The van der Waals surface area contributed by atoms with Crippen LogP contribution in [0.4, 0.5) is 13.2 Å². The third kappa shape index (κ3) is 3.66. The normalized spacial score (nSPS) is 12.3. The molecule has 26 heavy (non-hydrogen) atoms. The van der Waals surface area contributed by atoms with Gasteiger partial charge in [-0.05, 0) is 39.8 Å². The topological polar surface area (TPSA) is 17.6 Å². The van der Waals surface area contributed by atoms with Crippen LogP contribution >= 0.6 is 0 Å². The predicted molar refractivity (Wildman–Crippen MR) is 88.9 cm³/mol. The smallest absolute Gasteiger partial charge is 0.327 e. The molecular weight excluding hydrogens is 341 g/mol. The van der Waals surface area contributed by atoms with Crippen molar-refractivity contribution in [3.05, 3.63) is 61.2 Å². The van der Waals surface area contributed by atoms with E-state index in [0.717, 1.165) is 12.1 Å². The van der Waals surface area contributed by atoms with E-state index in [4.69, 9.17) is 0 Å². The molecule has 0 amide bonds. The second-order valence-corrected chi connectivity index (χ2v) is 6.77. The zero-order valence-corrected chi connectivity index (χ0v) is 15.1. The van der Waals surface area contributed by atoms with Crippen LogP contribution in [-0.4, -0.2) is 9.13 Å². The number of rotatable bonds is 4. The number of imidazole rings is 2. The molecule has 4 nitrogen and oxygen atoms in total. The van der Waals surface area contributed by atoms with E-state index >= 15 is 0 Å². The van der Waals surface area contributed by atoms with Crippen molar-refractivity contribution in [1.29, 1.82) is 0 Å². The zero-order valence-electron chi connectivity index (χ0n) is 15.1. The summed E-state index contributed by atoms with van der Waals surface area (Å²) in [7, 11) is 0. The van der Waals surface area contributed by atoms with Crippen LogP contribution in [0, 0.1) is 12.7 Å². The zero-order chi connectivity index (χ0) is 19.1. The average Bonchev–Trinajstić information content (AvgIpc) is 3.23. The average molecular weight is 362 g/mol. The van der Waals surface area contributed by atoms with Gasteiger partial charge in [-0.15, -0.1) is 0 Å².